The summed E-state index contributed by atoms with van der Waals surface area (Å²) < 4.78 is 0. The van der Waals surface area contributed by atoms with E-state index in [4.69, 9.17) is 0 Å². The number of allylic oxidation sites excluding steroid dienone is 2. The molecule has 6 heteroatoms. The van der Waals surface area contributed by atoms with Crippen LogP contribution in [0.4, 0.5) is 5.69 Å². The molecule has 0 bridgehead atoms. The lowest BCUT2D eigenvalue weighted by Crippen LogP contribution is -2.34. The SMILES string of the molecule is O=C(CCN1C(=O)C2CC=CCC2C1=O)Nc1cccc2cccnc12. The van der Waals surface area contributed by atoms with Crippen molar-refractivity contribution >= 4 is 34.3 Å². The highest BCUT2D eigenvalue weighted by atomic mass is 16.2. The lowest BCUT2D eigenvalue weighted by molar-refractivity contribution is -0.140. The van der Waals surface area contributed by atoms with Crippen LogP contribution in [0.2, 0.25) is 0 Å². The molecule has 2 atom stereocenters. The van der Waals surface area contributed by atoms with Crippen molar-refractivity contribution in [3.63, 3.8) is 0 Å². The molecule has 1 fully saturated rings. The van der Waals surface area contributed by atoms with E-state index >= 15 is 0 Å². The van der Waals surface area contributed by atoms with E-state index < -0.39 is 0 Å². The molecule has 1 saturated heterocycles. The van der Waals surface area contributed by atoms with Gasteiger partial charge in [-0.25, -0.2) is 0 Å². The summed E-state index contributed by atoms with van der Waals surface area (Å²) in [6, 6.07) is 9.34. The van der Waals surface area contributed by atoms with Crippen molar-refractivity contribution in [2.45, 2.75) is 19.3 Å². The fraction of sp³-hybridized carbons (Fsp3) is 0.300. The maximum Gasteiger partial charge on any atom is 0.233 e. The molecule has 132 valence electrons. The summed E-state index contributed by atoms with van der Waals surface area (Å²) in [5, 5.41) is 3.78. The molecular weight excluding hydrogens is 330 g/mol. The summed E-state index contributed by atoms with van der Waals surface area (Å²) in [6.07, 6.45) is 6.88. The third kappa shape index (κ3) is 2.87. The number of anilines is 1. The first-order chi connectivity index (χ1) is 12.6. The maximum atomic E-state index is 12.4. The Bertz CT molecular complexity index is 890. The van der Waals surface area contributed by atoms with Crippen molar-refractivity contribution in [1.29, 1.82) is 0 Å². The number of nitrogens with one attached hydrogen (secondary N) is 1. The van der Waals surface area contributed by atoms with Crippen LogP contribution in [-0.4, -0.2) is 34.2 Å². The number of aromatic nitrogens is 1. The third-order valence-corrected chi connectivity index (χ3v) is 5.07. The Morgan fingerprint density at radius 2 is 1.77 bits per heavy atom. The second kappa shape index (κ2) is 6.71. The molecule has 2 aliphatic rings. The molecule has 26 heavy (non-hydrogen) atoms. The standard InChI is InChI=1S/C20H19N3O3/c24-17(22-16-9-3-5-13-6-4-11-21-18(13)16)10-12-23-19(25)14-7-1-2-8-15(14)20(23)26/h1-6,9,11,14-15H,7-8,10,12H2,(H,22,24). The van der Waals surface area contributed by atoms with Crippen LogP contribution in [0, 0.1) is 11.8 Å². The molecule has 1 aromatic heterocycles. The Kier molecular flexibility index (Phi) is 4.24. The number of likely N-dealkylation sites (tertiary alicyclic amines) is 1. The molecule has 2 unspecified atom stereocenters. The smallest absolute Gasteiger partial charge is 0.233 e. The van der Waals surface area contributed by atoms with E-state index in [1.807, 2.05) is 36.4 Å². The van der Waals surface area contributed by atoms with E-state index in [1.165, 1.54) is 4.90 Å². The van der Waals surface area contributed by atoms with Crippen molar-refractivity contribution in [2.24, 2.45) is 11.8 Å². The van der Waals surface area contributed by atoms with E-state index in [0.717, 1.165) is 5.39 Å². The largest absolute Gasteiger partial charge is 0.324 e. The van der Waals surface area contributed by atoms with Crippen molar-refractivity contribution in [1.82, 2.24) is 9.88 Å². The zero-order chi connectivity index (χ0) is 18.1. The molecule has 4 rings (SSSR count). The maximum absolute atomic E-state index is 12.4. The van der Waals surface area contributed by atoms with Gasteiger partial charge in [-0.3, -0.25) is 24.3 Å². The molecule has 1 aliphatic carbocycles. The normalized spacial score (nSPS) is 21.9. The second-order valence-corrected chi connectivity index (χ2v) is 6.66. The van der Waals surface area contributed by atoms with Crippen LogP contribution in [0.5, 0.6) is 0 Å². The summed E-state index contributed by atoms with van der Waals surface area (Å²) in [5.41, 5.74) is 1.35. The minimum absolute atomic E-state index is 0.0770. The number of carbonyl (C=O) groups is 3. The number of benzene rings is 1. The van der Waals surface area contributed by atoms with Crippen molar-refractivity contribution in [3.8, 4) is 0 Å². The van der Waals surface area contributed by atoms with Gasteiger partial charge in [0.15, 0.2) is 0 Å². The Hall–Kier alpha value is -3.02. The first kappa shape index (κ1) is 16.4. The topological polar surface area (TPSA) is 79.4 Å². The third-order valence-electron chi connectivity index (χ3n) is 5.07. The zero-order valence-corrected chi connectivity index (χ0v) is 14.2. The fourth-order valence-electron chi connectivity index (χ4n) is 3.72. The Morgan fingerprint density at radius 3 is 2.50 bits per heavy atom. The monoisotopic (exact) mass is 349 g/mol. The van der Waals surface area contributed by atoms with E-state index in [1.54, 1.807) is 12.3 Å². The van der Waals surface area contributed by atoms with Crippen molar-refractivity contribution in [3.05, 3.63) is 48.7 Å². The Labute approximate surface area is 150 Å². The van der Waals surface area contributed by atoms with Crippen LogP contribution in [0.1, 0.15) is 19.3 Å². The highest BCUT2D eigenvalue weighted by Gasteiger charge is 2.46. The van der Waals surface area contributed by atoms with Crippen LogP contribution in [0.15, 0.2) is 48.7 Å². The lowest BCUT2D eigenvalue weighted by atomic mass is 9.85. The molecule has 1 aromatic carbocycles. The van der Waals surface area contributed by atoms with Gasteiger partial charge in [0, 0.05) is 24.5 Å². The summed E-state index contributed by atoms with van der Waals surface area (Å²) in [4.78, 5) is 42.7. The Morgan fingerprint density at radius 1 is 1.08 bits per heavy atom. The molecule has 6 nitrogen and oxygen atoms in total. The van der Waals surface area contributed by atoms with Crippen LogP contribution in [0.25, 0.3) is 10.9 Å². The summed E-state index contributed by atoms with van der Waals surface area (Å²) in [5.74, 6) is -1.04. The number of nitrogens with zero attached hydrogens (tertiary/aromatic N) is 2. The van der Waals surface area contributed by atoms with Gasteiger partial charge < -0.3 is 5.32 Å². The minimum Gasteiger partial charge on any atom is -0.324 e. The number of imide groups is 1. The molecular formula is C20H19N3O3. The highest BCUT2D eigenvalue weighted by molar-refractivity contribution is 6.06. The number of hydrogen-bond donors (Lipinski definition) is 1. The average molecular weight is 349 g/mol. The first-order valence-electron chi connectivity index (χ1n) is 8.79. The molecule has 3 amide bonds. The van der Waals surface area contributed by atoms with Crippen LogP contribution in [-0.2, 0) is 14.4 Å². The van der Waals surface area contributed by atoms with Gasteiger partial charge in [0.1, 0.15) is 0 Å². The molecule has 2 heterocycles. The average Bonchev–Trinajstić information content (AvgIpc) is 2.91. The van der Waals surface area contributed by atoms with Crippen molar-refractivity contribution in [2.75, 3.05) is 11.9 Å². The summed E-state index contributed by atoms with van der Waals surface area (Å²) in [6.45, 7) is 0.120. The second-order valence-electron chi connectivity index (χ2n) is 6.66. The summed E-state index contributed by atoms with van der Waals surface area (Å²) >= 11 is 0. The number of rotatable bonds is 4. The molecule has 1 N–H and O–H groups in total. The Balaban J connectivity index is 1.41. The number of amides is 3. The van der Waals surface area contributed by atoms with Crippen LogP contribution in [0.3, 0.4) is 0 Å². The molecule has 0 saturated carbocycles. The zero-order valence-electron chi connectivity index (χ0n) is 14.2. The number of para-hydroxylation sites is 1. The number of pyridine rings is 1. The highest BCUT2D eigenvalue weighted by Crippen LogP contribution is 2.35. The van der Waals surface area contributed by atoms with Gasteiger partial charge in [-0.05, 0) is 25.0 Å². The van der Waals surface area contributed by atoms with E-state index in [2.05, 4.69) is 10.3 Å². The van der Waals surface area contributed by atoms with E-state index in [9.17, 15) is 14.4 Å². The van der Waals surface area contributed by atoms with Gasteiger partial charge in [-0.1, -0.05) is 30.4 Å². The predicted molar refractivity (Wildman–Crippen MR) is 97.1 cm³/mol. The van der Waals surface area contributed by atoms with Gasteiger partial charge in [-0.2, -0.15) is 0 Å². The number of carbonyl (C=O) groups excluding carboxylic acids is 3. The predicted octanol–water partition coefficient (Wildman–Crippen LogP) is 2.51. The number of fused-ring (bicyclic) bond motifs is 2. The van der Waals surface area contributed by atoms with Gasteiger partial charge in [0.25, 0.3) is 0 Å². The first-order valence-corrected chi connectivity index (χ1v) is 8.79. The van der Waals surface area contributed by atoms with E-state index in [0.29, 0.717) is 24.0 Å². The van der Waals surface area contributed by atoms with E-state index in [-0.39, 0.29) is 42.5 Å². The van der Waals surface area contributed by atoms with Gasteiger partial charge in [0.05, 0.1) is 23.0 Å². The van der Waals surface area contributed by atoms with Crippen molar-refractivity contribution < 1.29 is 14.4 Å². The molecule has 2 aromatic rings. The fourth-order valence-corrected chi connectivity index (χ4v) is 3.72. The van der Waals surface area contributed by atoms with Gasteiger partial charge in [0.2, 0.25) is 17.7 Å². The van der Waals surface area contributed by atoms with Crippen LogP contribution < -0.4 is 5.32 Å². The van der Waals surface area contributed by atoms with Gasteiger partial charge >= 0.3 is 0 Å². The summed E-state index contributed by atoms with van der Waals surface area (Å²) in [7, 11) is 0. The quantitative estimate of drug-likeness (QED) is 0.679. The number of hydrogen-bond acceptors (Lipinski definition) is 4. The van der Waals surface area contributed by atoms with Crippen LogP contribution >= 0.6 is 0 Å². The molecule has 0 radical (unpaired) electrons. The van der Waals surface area contributed by atoms with Gasteiger partial charge in [-0.15, -0.1) is 0 Å². The molecule has 0 spiro atoms. The lowest BCUT2D eigenvalue weighted by Gasteiger charge is -2.14. The molecule has 1 aliphatic heterocycles. The minimum atomic E-state index is -0.252.